The molecule has 2 rings (SSSR count). The van der Waals surface area contributed by atoms with Gasteiger partial charge in [-0.15, -0.1) is 34.2 Å². The third-order valence-electron chi connectivity index (χ3n) is 4.72. The van der Waals surface area contributed by atoms with Gasteiger partial charge in [0.15, 0.2) is 11.8 Å². The minimum absolute atomic E-state index is 0. The fraction of sp³-hybridized carbons (Fsp3) is 0.842. The Bertz CT molecular complexity index is 554. The van der Waals surface area contributed by atoms with Gasteiger partial charge in [0.2, 0.25) is 0 Å². The zero-order valence-corrected chi connectivity index (χ0v) is 19.7. The van der Waals surface area contributed by atoms with Crippen molar-refractivity contribution in [3.05, 3.63) is 11.6 Å². The number of aliphatic imine (C=N–C) groups is 1. The Morgan fingerprint density at radius 2 is 2.00 bits per heavy atom. The monoisotopic (exact) mass is 492 g/mol. The minimum Gasteiger partial charge on any atom is -0.381 e. The van der Waals surface area contributed by atoms with Gasteiger partial charge in [0.05, 0.1) is 0 Å². The van der Waals surface area contributed by atoms with Crippen molar-refractivity contribution in [1.82, 2.24) is 25.4 Å². The van der Waals surface area contributed by atoms with E-state index in [2.05, 4.69) is 34.7 Å². The first-order valence-electron chi connectivity index (χ1n) is 10.0. The number of nitrogens with one attached hydrogen (secondary N) is 2. The lowest BCUT2D eigenvalue weighted by atomic mass is 9.96. The Balaban J connectivity index is 0.00000364. The number of nitrogens with zero attached hydrogens (tertiary/aromatic N) is 4. The molecule has 8 heteroatoms. The summed E-state index contributed by atoms with van der Waals surface area (Å²) >= 11 is 0. The first-order valence-corrected chi connectivity index (χ1v) is 10.0. The fourth-order valence-corrected chi connectivity index (χ4v) is 3.03. The summed E-state index contributed by atoms with van der Waals surface area (Å²) in [5.41, 5.74) is 0. The molecule has 27 heavy (non-hydrogen) atoms. The Morgan fingerprint density at radius 3 is 2.63 bits per heavy atom. The van der Waals surface area contributed by atoms with Gasteiger partial charge in [-0.25, -0.2) is 4.99 Å². The first kappa shape index (κ1) is 24.1. The molecule has 0 saturated heterocycles. The summed E-state index contributed by atoms with van der Waals surface area (Å²) in [5.74, 6) is 3.25. The molecule has 0 atom stereocenters. The molecule has 1 fully saturated rings. The van der Waals surface area contributed by atoms with Crippen molar-refractivity contribution in [2.24, 2.45) is 18.0 Å². The third kappa shape index (κ3) is 9.23. The van der Waals surface area contributed by atoms with Crippen LogP contribution in [0.15, 0.2) is 4.99 Å². The van der Waals surface area contributed by atoms with E-state index in [1.807, 2.05) is 18.5 Å². The highest BCUT2D eigenvalue weighted by molar-refractivity contribution is 14.0. The lowest BCUT2D eigenvalue weighted by Crippen LogP contribution is -2.44. The molecule has 1 heterocycles. The summed E-state index contributed by atoms with van der Waals surface area (Å²) in [4.78, 5) is 4.74. The predicted molar refractivity (Wildman–Crippen MR) is 121 cm³/mol. The van der Waals surface area contributed by atoms with E-state index in [0.29, 0.717) is 18.5 Å². The summed E-state index contributed by atoms with van der Waals surface area (Å²) in [6.45, 7) is 9.29. The smallest absolute Gasteiger partial charge is 0.191 e. The highest BCUT2D eigenvalue weighted by Crippen LogP contribution is 2.17. The van der Waals surface area contributed by atoms with Crippen LogP contribution in [-0.2, 0) is 18.3 Å². The van der Waals surface area contributed by atoms with E-state index in [1.165, 1.54) is 32.1 Å². The summed E-state index contributed by atoms with van der Waals surface area (Å²) in [5, 5.41) is 15.4. The normalized spacial score (nSPS) is 15.7. The van der Waals surface area contributed by atoms with E-state index >= 15 is 0 Å². The highest BCUT2D eigenvalue weighted by atomic mass is 127. The van der Waals surface area contributed by atoms with E-state index in [0.717, 1.165) is 43.8 Å². The van der Waals surface area contributed by atoms with E-state index in [4.69, 9.17) is 9.73 Å². The van der Waals surface area contributed by atoms with Gasteiger partial charge < -0.3 is 19.9 Å². The van der Waals surface area contributed by atoms with Crippen LogP contribution >= 0.6 is 24.0 Å². The minimum atomic E-state index is 0. The second-order valence-corrected chi connectivity index (χ2v) is 7.62. The molecular weight excluding hydrogens is 455 g/mol. The first-order chi connectivity index (χ1) is 12.6. The summed E-state index contributed by atoms with van der Waals surface area (Å²) in [7, 11) is 1.98. The number of halogens is 1. The van der Waals surface area contributed by atoms with Crippen molar-refractivity contribution >= 4 is 29.9 Å². The molecule has 0 amide bonds. The quantitative estimate of drug-likeness (QED) is 0.240. The average molecular weight is 492 g/mol. The number of aromatic nitrogens is 3. The van der Waals surface area contributed by atoms with E-state index in [1.54, 1.807) is 0 Å². The lowest BCUT2D eigenvalue weighted by molar-refractivity contribution is 0.108. The molecule has 0 aliphatic heterocycles. The van der Waals surface area contributed by atoms with Crippen LogP contribution in [0.1, 0.15) is 64.0 Å². The fourth-order valence-electron chi connectivity index (χ4n) is 3.03. The maximum Gasteiger partial charge on any atom is 0.191 e. The number of ether oxygens (including phenoxy) is 1. The van der Waals surface area contributed by atoms with Gasteiger partial charge in [0, 0.05) is 32.8 Å². The van der Waals surface area contributed by atoms with Gasteiger partial charge >= 0.3 is 0 Å². The Kier molecular flexibility index (Phi) is 11.9. The second kappa shape index (κ2) is 13.3. The molecular formula is C19H37IN6O. The van der Waals surface area contributed by atoms with Gasteiger partial charge in [-0.1, -0.05) is 33.1 Å². The van der Waals surface area contributed by atoms with Crippen molar-refractivity contribution in [3.63, 3.8) is 0 Å². The molecule has 1 aromatic heterocycles. The van der Waals surface area contributed by atoms with Crippen LogP contribution in [0.3, 0.4) is 0 Å². The maximum atomic E-state index is 5.65. The molecule has 2 N–H and O–H groups in total. The number of hydrogen-bond donors (Lipinski definition) is 2. The molecule has 0 radical (unpaired) electrons. The number of guanidine groups is 1. The van der Waals surface area contributed by atoms with E-state index < -0.39 is 0 Å². The number of aryl methyl sites for hydroxylation is 1. The van der Waals surface area contributed by atoms with E-state index in [-0.39, 0.29) is 24.0 Å². The molecule has 0 bridgehead atoms. The van der Waals surface area contributed by atoms with Crippen molar-refractivity contribution < 1.29 is 4.74 Å². The number of rotatable bonds is 9. The molecule has 0 spiro atoms. The lowest BCUT2D eigenvalue weighted by Gasteiger charge is -2.25. The molecule has 7 nitrogen and oxygen atoms in total. The highest BCUT2D eigenvalue weighted by Gasteiger charge is 2.15. The van der Waals surface area contributed by atoms with Crippen molar-refractivity contribution in [2.75, 3.05) is 19.8 Å². The molecule has 0 unspecified atom stereocenters. The van der Waals surface area contributed by atoms with Crippen LogP contribution in [0.4, 0.5) is 0 Å². The zero-order chi connectivity index (χ0) is 18.8. The number of hydrogen-bond acceptors (Lipinski definition) is 4. The van der Waals surface area contributed by atoms with Crippen molar-refractivity contribution in [3.8, 4) is 0 Å². The van der Waals surface area contributed by atoms with Gasteiger partial charge in [-0.3, -0.25) is 0 Å². The zero-order valence-electron chi connectivity index (χ0n) is 17.3. The standard InChI is InChI=1S/C19H36N6O.HI/c1-15(2)14-26-12-8-11-20-19(22-17-9-6-5-7-10-17)21-13-18-24-23-16(3)25(18)4;/h15,17H,5-14H2,1-4H3,(H2,20,21,22);1H. The van der Waals surface area contributed by atoms with Gasteiger partial charge in [-0.05, 0) is 32.1 Å². The van der Waals surface area contributed by atoms with Crippen LogP contribution in [0.2, 0.25) is 0 Å². The summed E-state index contributed by atoms with van der Waals surface area (Å²) in [6, 6.07) is 0.522. The maximum absolute atomic E-state index is 5.65. The van der Waals surface area contributed by atoms with Gasteiger partial charge in [-0.2, -0.15) is 0 Å². The van der Waals surface area contributed by atoms with Gasteiger partial charge in [0.25, 0.3) is 0 Å². The van der Waals surface area contributed by atoms with Crippen LogP contribution in [0, 0.1) is 12.8 Å². The summed E-state index contributed by atoms with van der Waals surface area (Å²) in [6.07, 6.45) is 7.38. The topological polar surface area (TPSA) is 76.4 Å². The Hall–Kier alpha value is -0.900. The second-order valence-electron chi connectivity index (χ2n) is 7.62. The Morgan fingerprint density at radius 1 is 1.26 bits per heavy atom. The molecule has 156 valence electrons. The summed E-state index contributed by atoms with van der Waals surface area (Å²) < 4.78 is 7.64. The SMILES string of the molecule is Cc1nnc(CN=C(NCCCOCC(C)C)NC2CCCCC2)n1C.I. The molecule has 1 aliphatic carbocycles. The Labute approximate surface area is 181 Å². The van der Waals surface area contributed by atoms with Crippen LogP contribution < -0.4 is 10.6 Å². The van der Waals surface area contributed by atoms with Gasteiger partial charge in [0.1, 0.15) is 12.4 Å². The molecule has 0 aromatic carbocycles. The van der Waals surface area contributed by atoms with E-state index in [9.17, 15) is 0 Å². The molecule has 1 aliphatic rings. The molecule has 1 saturated carbocycles. The van der Waals surface area contributed by atoms with Crippen LogP contribution in [0.5, 0.6) is 0 Å². The van der Waals surface area contributed by atoms with Crippen LogP contribution in [-0.4, -0.2) is 46.5 Å². The van der Waals surface area contributed by atoms with Crippen molar-refractivity contribution in [1.29, 1.82) is 0 Å². The predicted octanol–water partition coefficient (Wildman–Crippen LogP) is 3.17. The van der Waals surface area contributed by atoms with Crippen molar-refractivity contribution in [2.45, 2.75) is 71.9 Å². The largest absolute Gasteiger partial charge is 0.381 e. The molecule has 1 aromatic rings. The third-order valence-corrected chi connectivity index (χ3v) is 4.72. The van der Waals surface area contributed by atoms with Crippen LogP contribution in [0.25, 0.3) is 0 Å². The average Bonchev–Trinajstić information content (AvgIpc) is 2.95.